The van der Waals surface area contributed by atoms with Gasteiger partial charge < -0.3 is 14.8 Å². The van der Waals surface area contributed by atoms with Gasteiger partial charge in [-0.2, -0.15) is 0 Å². The Balaban J connectivity index is 4.11. The number of rotatable bonds is 3. The second kappa shape index (κ2) is 5.72. The van der Waals surface area contributed by atoms with Crippen LogP contribution in [0.5, 0.6) is 0 Å². The van der Waals surface area contributed by atoms with Crippen LogP contribution in [0, 0.1) is 0 Å². The molecule has 0 aromatic carbocycles. The molecular formula is C11H21NO4. The van der Waals surface area contributed by atoms with Crippen LogP contribution in [0.3, 0.4) is 0 Å². The highest BCUT2D eigenvalue weighted by Crippen LogP contribution is 2.08. The van der Waals surface area contributed by atoms with Gasteiger partial charge in [-0.05, 0) is 41.5 Å². The van der Waals surface area contributed by atoms with Gasteiger partial charge in [0.1, 0.15) is 11.6 Å². The molecule has 94 valence electrons. The van der Waals surface area contributed by atoms with E-state index in [-0.39, 0.29) is 6.10 Å². The summed E-state index contributed by atoms with van der Waals surface area (Å²) in [5, 5.41) is 2.40. The van der Waals surface area contributed by atoms with E-state index in [0.29, 0.717) is 0 Å². The van der Waals surface area contributed by atoms with Crippen LogP contribution in [-0.2, 0) is 14.3 Å². The molecule has 0 aliphatic heterocycles. The van der Waals surface area contributed by atoms with Gasteiger partial charge in [-0.3, -0.25) is 0 Å². The van der Waals surface area contributed by atoms with E-state index in [9.17, 15) is 9.59 Å². The Morgan fingerprint density at radius 3 is 2.00 bits per heavy atom. The van der Waals surface area contributed by atoms with Gasteiger partial charge >= 0.3 is 12.1 Å². The third-order valence-corrected chi connectivity index (χ3v) is 1.44. The molecule has 0 rings (SSSR count). The molecule has 16 heavy (non-hydrogen) atoms. The van der Waals surface area contributed by atoms with Gasteiger partial charge in [0.15, 0.2) is 0 Å². The average molecular weight is 231 g/mol. The van der Waals surface area contributed by atoms with Gasteiger partial charge in [-0.1, -0.05) is 0 Å². The number of carbonyl (C=O) groups is 2. The maximum atomic E-state index is 11.5. The number of esters is 1. The Morgan fingerprint density at radius 1 is 1.12 bits per heavy atom. The lowest BCUT2D eigenvalue weighted by atomic mass is 10.2. The summed E-state index contributed by atoms with van der Waals surface area (Å²) in [5.41, 5.74) is -0.561. The maximum absolute atomic E-state index is 11.5. The average Bonchev–Trinajstić information content (AvgIpc) is 1.98. The Labute approximate surface area is 96.5 Å². The van der Waals surface area contributed by atoms with E-state index < -0.39 is 23.7 Å². The zero-order valence-electron chi connectivity index (χ0n) is 10.8. The van der Waals surface area contributed by atoms with Crippen molar-refractivity contribution in [2.75, 3.05) is 0 Å². The minimum absolute atomic E-state index is 0.217. The van der Waals surface area contributed by atoms with Crippen LogP contribution in [-0.4, -0.2) is 29.8 Å². The molecule has 0 bridgehead atoms. The molecule has 0 heterocycles. The summed E-state index contributed by atoms with van der Waals surface area (Å²) in [5.74, 6) is -0.479. The Hall–Kier alpha value is -1.26. The standard InChI is InChI=1S/C11H21NO4/c1-7(2)15-10(14)12-8(3)9(13)16-11(4,5)6/h7-8H,1-6H3,(H,12,14)/t8-/m1/s1. The summed E-state index contributed by atoms with van der Waals surface area (Å²) < 4.78 is 9.94. The first kappa shape index (κ1) is 14.7. The van der Waals surface area contributed by atoms with Gasteiger partial charge in [0.25, 0.3) is 0 Å². The number of hydrogen-bond donors (Lipinski definition) is 1. The largest absolute Gasteiger partial charge is 0.458 e. The molecule has 1 N–H and O–H groups in total. The smallest absolute Gasteiger partial charge is 0.408 e. The van der Waals surface area contributed by atoms with Crippen molar-refractivity contribution in [1.82, 2.24) is 5.32 Å². The molecule has 0 aromatic rings. The maximum Gasteiger partial charge on any atom is 0.408 e. The molecular weight excluding hydrogens is 210 g/mol. The van der Waals surface area contributed by atoms with Crippen molar-refractivity contribution in [3.05, 3.63) is 0 Å². The molecule has 0 aromatic heterocycles. The second-order valence-electron chi connectivity index (χ2n) is 4.85. The third-order valence-electron chi connectivity index (χ3n) is 1.44. The van der Waals surface area contributed by atoms with E-state index in [1.54, 1.807) is 41.5 Å². The van der Waals surface area contributed by atoms with Crippen LogP contribution >= 0.6 is 0 Å². The number of nitrogens with one attached hydrogen (secondary N) is 1. The van der Waals surface area contributed by atoms with Crippen LogP contribution in [0.15, 0.2) is 0 Å². The minimum Gasteiger partial charge on any atom is -0.458 e. The summed E-state index contributed by atoms with van der Waals surface area (Å²) in [4.78, 5) is 22.7. The zero-order valence-corrected chi connectivity index (χ0v) is 10.8. The van der Waals surface area contributed by atoms with Gasteiger partial charge in [0, 0.05) is 0 Å². The fraction of sp³-hybridized carbons (Fsp3) is 0.818. The molecule has 5 nitrogen and oxygen atoms in total. The van der Waals surface area contributed by atoms with Crippen LogP contribution in [0.1, 0.15) is 41.5 Å². The number of alkyl carbamates (subject to hydrolysis) is 1. The summed E-state index contributed by atoms with van der Waals surface area (Å²) in [6.45, 7) is 10.3. The van der Waals surface area contributed by atoms with E-state index >= 15 is 0 Å². The number of ether oxygens (including phenoxy) is 2. The van der Waals surface area contributed by atoms with Crippen molar-refractivity contribution in [3.8, 4) is 0 Å². The van der Waals surface area contributed by atoms with Crippen molar-refractivity contribution < 1.29 is 19.1 Å². The molecule has 0 unspecified atom stereocenters. The van der Waals surface area contributed by atoms with Gasteiger partial charge in [0.2, 0.25) is 0 Å². The van der Waals surface area contributed by atoms with Gasteiger partial charge in [0.05, 0.1) is 6.10 Å². The lowest BCUT2D eigenvalue weighted by Gasteiger charge is -2.22. The summed E-state index contributed by atoms with van der Waals surface area (Å²) in [6, 6.07) is -0.717. The van der Waals surface area contributed by atoms with Gasteiger partial charge in [-0.15, -0.1) is 0 Å². The van der Waals surface area contributed by atoms with Crippen molar-refractivity contribution in [1.29, 1.82) is 0 Å². The lowest BCUT2D eigenvalue weighted by Crippen LogP contribution is -2.42. The highest BCUT2D eigenvalue weighted by molar-refractivity contribution is 5.81. The Morgan fingerprint density at radius 2 is 1.62 bits per heavy atom. The first-order valence-electron chi connectivity index (χ1n) is 5.32. The Bertz CT molecular complexity index is 255. The van der Waals surface area contributed by atoms with Crippen LogP contribution < -0.4 is 5.32 Å². The fourth-order valence-electron chi connectivity index (χ4n) is 0.874. The Kier molecular flexibility index (Phi) is 5.27. The molecule has 0 aliphatic rings. The molecule has 1 amide bonds. The molecule has 1 atom stereocenters. The van der Waals surface area contributed by atoms with E-state index in [1.165, 1.54) is 0 Å². The lowest BCUT2D eigenvalue weighted by molar-refractivity contribution is -0.156. The van der Waals surface area contributed by atoms with E-state index in [1.807, 2.05) is 0 Å². The molecule has 0 radical (unpaired) electrons. The summed E-state index contributed by atoms with van der Waals surface area (Å²) >= 11 is 0. The number of carbonyl (C=O) groups excluding carboxylic acids is 2. The second-order valence-corrected chi connectivity index (χ2v) is 4.85. The molecule has 0 spiro atoms. The van der Waals surface area contributed by atoms with Crippen LogP contribution in [0.25, 0.3) is 0 Å². The zero-order chi connectivity index (χ0) is 12.9. The molecule has 0 aliphatic carbocycles. The predicted molar refractivity (Wildman–Crippen MR) is 60.1 cm³/mol. The van der Waals surface area contributed by atoms with Crippen molar-refractivity contribution in [2.45, 2.75) is 59.3 Å². The van der Waals surface area contributed by atoms with E-state index in [0.717, 1.165) is 0 Å². The van der Waals surface area contributed by atoms with E-state index in [4.69, 9.17) is 9.47 Å². The van der Waals surface area contributed by atoms with Crippen LogP contribution in [0.4, 0.5) is 4.79 Å². The molecule has 0 saturated heterocycles. The number of hydrogen-bond acceptors (Lipinski definition) is 4. The van der Waals surface area contributed by atoms with Crippen molar-refractivity contribution in [3.63, 3.8) is 0 Å². The number of amides is 1. The third kappa shape index (κ3) is 7.09. The minimum atomic E-state index is -0.717. The summed E-state index contributed by atoms with van der Waals surface area (Å²) in [6.07, 6.45) is -0.834. The normalized spacial score (nSPS) is 13.2. The predicted octanol–water partition coefficient (Wildman–Crippen LogP) is 1.85. The first-order valence-corrected chi connectivity index (χ1v) is 5.32. The fourth-order valence-corrected chi connectivity index (χ4v) is 0.874. The highest BCUT2D eigenvalue weighted by atomic mass is 16.6. The molecule has 0 saturated carbocycles. The van der Waals surface area contributed by atoms with Gasteiger partial charge in [-0.25, -0.2) is 9.59 Å². The van der Waals surface area contributed by atoms with Crippen molar-refractivity contribution in [2.24, 2.45) is 0 Å². The highest BCUT2D eigenvalue weighted by Gasteiger charge is 2.23. The monoisotopic (exact) mass is 231 g/mol. The van der Waals surface area contributed by atoms with Crippen molar-refractivity contribution >= 4 is 12.1 Å². The quantitative estimate of drug-likeness (QED) is 0.753. The first-order chi connectivity index (χ1) is 7.11. The molecule has 0 fully saturated rings. The SMILES string of the molecule is CC(C)OC(=O)N[C@H](C)C(=O)OC(C)(C)C. The topological polar surface area (TPSA) is 64.6 Å². The molecule has 5 heteroatoms. The summed E-state index contributed by atoms with van der Waals surface area (Å²) in [7, 11) is 0. The van der Waals surface area contributed by atoms with E-state index in [2.05, 4.69) is 5.32 Å². The van der Waals surface area contributed by atoms with Crippen LogP contribution in [0.2, 0.25) is 0 Å².